The third-order valence-electron chi connectivity index (χ3n) is 3.51. The summed E-state index contributed by atoms with van der Waals surface area (Å²) in [7, 11) is 0. The van der Waals surface area contributed by atoms with Crippen LogP contribution in [-0.2, 0) is 6.54 Å². The molecule has 0 bridgehead atoms. The molecule has 0 spiro atoms. The minimum atomic E-state index is 0.0322. The number of aryl methyl sites for hydroxylation is 1. The lowest BCUT2D eigenvalue weighted by Gasteiger charge is -2.23. The van der Waals surface area contributed by atoms with Crippen molar-refractivity contribution in [3.05, 3.63) is 22.4 Å². The number of aromatic nitrogens is 1. The van der Waals surface area contributed by atoms with Crippen LogP contribution in [0.15, 0.2) is 16.7 Å². The van der Waals surface area contributed by atoms with Crippen molar-refractivity contribution in [2.45, 2.75) is 32.7 Å². The fourth-order valence-corrected chi connectivity index (χ4v) is 2.98. The van der Waals surface area contributed by atoms with Crippen molar-refractivity contribution in [2.75, 3.05) is 19.6 Å². The Kier molecular flexibility index (Phi) is 5.45. The van der Waals surface area contributed by atoms with E-state index in [1.807, 2.05) is 16.8 Å². The van der Waals surface area contributed by atoms with E-state index in [4.69, 9.17) is 0 Å². The lowest BCUT2D eigenvalue weighted by atomic mass is 10.00. The molecule has 2 heterocycles. The molecule has 1 unspecified atom stereocenters. The summed E-state index contributed by atoms with van der Waals surface area (Å²) in [6.07, 6.45) is 5.40. The molecule has 19 heavy (non-hydrogen) atoms. The summed E-state index contributed by atoms with van der Waals surface area (Å²) in [5.41, 5.74) is 0.748. The van der Waals surface area contributed by atoms with Crippen molar-refractivity contribution < 1.29 is 4.79 Å². The van der Waals surface area contributed by atoms with E-state index in [1.165, 1.54) is 12.8 Å². The number of carbonyl (C=O) groups excluding carboxylic acids is 1. The van der Waals surface area contributed by atoms with Crippen molar-refractivity contribution in [1.29, 1.82) is 0 Å². The van der Waals surface area contributed by atoms with Gasteiger partial charge in [-0.05, 0) is 60.3 Å². The predicted octanol–water partition coefficient (Wildman–Crippen LogP) is 2.39. The van der Waals surface area contributed by atoms with E-state index in [2.05, 4.69) is 33.5 Å². The van der Waals surface area contributed by atoms with Gasteiger partial charge in [-0.25, -0.2) is 0 Å². The number of rotatable bonds is 5. The van der Waals surface area contributed by atoms with Crippen molar-refractivity contribution in [2.24, 2.45) is 5.92 Å². The molecule has 1 aromatic heterocycles. The largest absolute Gasteiger partial charge is 0.350 e. The molecule has 2 N–H and O–H groups in total. The van der Waals surface area contributed by atoms with E-state index in [1.54, 1.807) is 0 Å². The zero-order chi connectivity index (χ0) is 13.7. The number of hydrogen-bond acceptors (Lipinski definition) is 2. The van der Waals surface area contributed by atoms with Gasteiger partial charge in [0, 0.05) is 23.8 Å². The van der Waals surface area contributed by atoms with Gasteiger partial charge in [-0.3, -0.25) is 4.79 Å². The molecule has 1 aliphatic rings. The van der Waals surface area contributed by atoms with Gasteiger partial charge < -0.3 is 15.2 Å². The molecule has 4 nitrogen and oxygen atoms in total. The number of amides is 1. The highest BCUT2D eigenvalue weighted by Gasteiger charge is 2.16. The normalized spacial score (nSPS) is 19.4. The Morgan fingerprint density at radius 2 is 2.47 bits per heavy atom. The van der Waals surface area contributed by atoms with Crippen molar-refractivity contribution in [3.8, 4) is 0 Å². The monoisotopic (exact) mass is 327 g/mol. The summed E-state index contributed by atoms with van der Waals surface area (Å²) >= 11 is 3.44. The predicted molar refractivity (Wildman–Crippen MR) is 80.3 cm³/mol. The van der Waals surface area contributed by atoms with E-state index in [-0.39, 0.29) is 5.91 Å². The number of piperidine rings is 1. The maximum atomic E-state index is 12.2. The average molecular weight is 328 g/mol. The first-order chi connectivity index (χ1) is 9.20. The summed E-state index contributed by atoms with van der Waals surface area (Å²) in [6.45, 7) is 5.88. The zero-order valence-corrected chi connectivity index (χ0v) is 13.0. The van der Waals surface area contributed by atoms with Crippen LogP contribution < -0.4 is 10.6 Å². The fraction of sp³-hybridized carbons (Fsp3) is 0.643. The molecular formula is C14H22BrN3O. The average Bonchev–Trinajstić information content (AvgIpc) is 2.79. The van der Waals surface area contributed by atoms with Crippen LogP contribution in [0.4, 0.5) is 0 Å². The first-order valence-corrected chi connectivity index (χ1v) is 7.84. The van der Waals surface area contributed by atoms with Crippen LogP contribution in [0.5, 0.6) is 0 Å². The standard InChI is InChI=1S/C14H22BrN3O/c1-2-6-18-10-12(15)7-13(18)14(19)17-9-11-4-3-5-16-8-11/h7,10-11,16H,2-6,8-9H2,1H3,(H,17,19). The Balaban J connectivity index is 1.91. The highest BCUT2D eigenvalue weighted by Crippen LogP contribution is 2.16. The maximum Gasteiger partial charge on any atom is 0.267 e. The van der Waals surface area contributed by atoms with Gasteiger partial charge in [0.15, 0.2) is 0 Å². The van der Waals surface area contributed by atoms with Gasteiger partial charge >= 0.3 is 0 Å². The van der Waals surface area contributed by atoms with E-state index in [0.717, 1.165) is 42.8 Å². The summed E-state index contributed by atoms with van der Waals surface area (Å²) in [5.74, 6) is 0.598. The second-order valence-electron chi connectivity index (χ2n) is 5.16. The van der Waals surface area contributed by atoms with Gasteiger partial charge in [0.2, 0.25) is 0 Å². The van der Waals surface area contributed by atoms with Gasteiger partial charge in [0.1, 0.15) is 5.69 Å². The number of hydrogen-bond donors (Lipinski definition) is 2. The second-order valence-corrected chi connectivity index (χ2v) is 6.08. The fourth-order valence-electron chi connectivity index (χ4n) is 2.52. The lowest BCUT2D eigenvalue weighted by Crippen LogP contribution is -2.38. The molecule has 106 valence electrons. The number of halogens is 1. The third kappa shape index (κ3) is 4.08. The van der Waals surface area contributed by atoms with Crippen LogP contribution in [0.3, 0.4) is 0 Å². The Morgan fingerprint density at radius 3 is 3.16 bits per heavy atom. The summed E-state index contributed by atoms with van der Waals surface area (Å²) < 4.78 is 2.98. The molecule has 2 rings (SSSR count). The zero-order valence-electron chi connectivity index (χ0n) is 11.4. The van der Waals surface area contributed by atoms with Crippen molar-refractivity contribution in [3.63, 3.8) is 0 Å². The van der Waals surface area contributed by atoms with Crippen LogP contribution in [0.2, 0.25) is 0 Å². The van der Waals surface area contributed by atoms with E-state index in [9.17, 15) is 4.79 Å². The van der Waals surface area contributed by atoms with Gasteiger partial charge in [0.25, 0.3) is 5.91 Å². The molecule has 1 aliphatic heterocycles. The van der Waals surface area contributed by atoms with Gasteiger partial charge in [-0.2, -0.15) is 0 Å². The van der Waals surface area contributed by atoms with Gasteiger partial charge in [-0.1, -0.05) is 6.92 Å². The molecular weight excluding hydrogens is 306 g/mol. The van der Waals surface area contributed by atoms with E-state index >= 15 is 0 Å². The second kappa shape index (κ2) is 7.10. The summed E-state index contributed by atoms with van der Waals surface area (Å²) in [4.78, 5) is 12.2. The van der Waals surface area contributed by atoms with Crippen LogP contribution in [0.25, 0.3) is 0 Å². The Morgan fingerprint density at radius 1 is 1.63 bits per heavy atom. The maximum absolute atomic E-state index is 12.2. The lowest BCUT2D eigenvalue weighted by molar-refractivity contribution is 0.0935. The summed E-state index contributed by atoms with van der Waals surface area (Å²) in [6, 6.07) is 1.89. The van der Waals surface area contributed by atoms with Crippen LogP contribution in [-0.4, -0.2) is 30.1 Å². The molecule has 0 radical (unpaired) electrons. The molecule has 0 aromatic carbocycles. The number of nitrogens with zero attached hydrogens (tertiary/aromatic N) is 1. The van der Waals surface area contributed by atoms with Crippen LogP contribution in [0, 0.1) is 5.92 Å². The molecule has 1 fully saturated rings. The van der Waals surface area contributed by atoms with Crippen molar-refractivity contribution in [1.82, 2.24) is 15.2 Å². The minimum absolute atomic E-state index is 0.0322. The molecule has 0 aliphatic carbocycles. The van der Waals surface area contributed by atoms with Gasteiger partial charge in [-0.15, -0.1) is 0 Å². The number of carbonyl (C=O) groups is 1. The van der Waals surface area contributed by atoms with E-state index < -0.39 is 0 Å². The Hall–Kier alpha value is -0.810. The minimum Gasteiger partial charge on any atom is -0.350 e. The number of nitrogens with one attached hydrogen (secondary N) is 2. The van der Waals surface area contributed by atoms with E-state index in [0.29, 0.717) is 5.92 Å². The first kappa shape index (κ1) is 14.6. The Bertz CT molecular complexity index is 424. The molecule has 0 saturated carbocycles. The molecule has 1 amide bonds. The van der Waals surface area contributed by atoms with Gasteiger partial charge in [0.05, 0.1) is 0 Å². The quantitative estimate of drug-likeness (QED) is 0.872. The molecule has 1 saturated heterocycles. The SMILES string of the molecule is CCCn1cc(Br)cc1C(=O)NCC1CCCNC1. The highest BCUT2D eigenvalue weighted by molar-refractivity contribution is 9.10. The first-order valence-electron chi connectivity index (χ1n) is 7.05. The Labute approximate surface area is 123 Å². The van der Waals surface area contributed by atoms with Crippen molar-refractivity contribution >= 4 is 21.8 Å². The summed E-state index contributed by atoms with van der Waals surface area (Å²) in [5, 5.41) is 6.43. The van der Waals surface area contributed by atoms with Crippen LogP contribution >= 0.6 is 15.9 Å². The topological polar surface area (TPSA) is 46.1 Å². The molecule has 5 heteroatoms. The molecule has 1 atom stereocenters. The highest BCUT2D eigenvalue weighted by atomic mass is 79.9. The molecule has 1 aromatic rings. The smallest absolute Gasteiger partial charge is 0.267 e. The third-order valence-corrected chi connectivity index (χ3v) is 3.94. The van der Waals surface area contributed by atoms with Crippen LogP contribution in [0.1, 0.15) is 36.7 Å².